The summed E-state index contributed by atoms with van der Waals surface area (Å²) in [6.45, 7) is 1.75. The van der Waals surface area contributed by atoms with Gasteiger partial charge in [-0.1, -0.05) is 43.7 Å². The van der Waals surface area contributed by atoms with Gasteiger partial charge in [-0.15, -0.1) is 0 Å². The van der Waals surface area contributed by atoms with E-state index >= 15 is 0 Å². The third kappa shape index (κ3) is 3.18. The van der Waals surface area contributed by atoms with E-state index in [1.165, 1.54) is 12.1 Å². The lowest BCUT2D eigenvalue weighted by Crippen LogP contribution is -2.61. The molecule has 0 fully saturated rings. The molecule has 1 aromatic rings. The minimum atomic E-state index is -5.11. The van der Waals surface area contributed by atoms with Gasteiger partial charge in [0, 0.05) is 5.70 Å². The van der Waals surface area contributed by atoms with Crippen molar-refractivity contribution >= 4 is 5.91 Å². The maximum atomic E-state index is 13.2. The van der Waals surface area contributed by atoms with Crippen molar-refractivity contribution in [1.29, 1.82) is 0 Å². The number of carbonyl (C=O) groups excluding carboxylic acids is 1. The molecule has 0 aliphatic carbocycles. The van der Waals surface area contributed by atoms with Crippen molar-refractivity contribution in [3.63, 3.8) is 0 Å². The number of allylic oxidation sites excluding steroid dienone is 1. The minimum absolute atomic E-state index is 0.0374. The molecule has 1 heterocycles. The molecule has 126 valence electrons. The summed E-state index contributed by atoms with van der Waals surface area (Å²) in [4.78, 5) is 12.3. The summed E-state index contributed by atoms with van der Waals surface area (Å²) in [5, 5.41) is 20.0. The number of rotatable bonds is 4. The van der Waals surface area contributed by atoms with Crippen LogP contribution in [0, 0.1) is 0 Å². The first-order chi connectivity index (χ1) is 10.7. The Bertz CT molecular complexity index is 604. The first-order valence-electron chi connectivity index (χ1n) is 7.05. The lowest BCUT2D eigenvalue weighted by atomic mass is 10.1. The molecule has 1 aromatic carbocycles. The fourth-order valence-electron chi connectivity index (χ4n) is 2.30. The molecule has 0 spiro atoms. The van der Waals surface area contributed by atoms with E-state index in [2.05, 4.69) is 5.43 Å². The maximum Gasteiger partial charge on any atom is 0.442 e. The van der Waals surface area contributed by atoms with Crippen molar-refractivity contribution in [2.24, 2.45) is 0 Å². The van der Waals surface area contributed by atoms with Crippen LogP contribution in [0.5, 0.6) is 0 Å². The molecular formula is C15H17F3N2O3. The van der Waals surface area contributed by atoms with Crippen molar-refractivity contribution in [2.45, 2.75) is 37.8 Å². The van der Waals surface area contributed by atoms with Gasteiger partial charge in [-0.05, 0) is 18.1 Å². The number of carbonyl (C=O) groups is 1. The van der Waals surface area contributed by atoms with Crippen LogP contribution in [0.3, 0.4) is 0 Å². The number of halogens is 3. The summed E-state index contributed by atoms with van der Waals surface area (Å²) in [6.07, 6.45) is -5.63. The number of nitrogens with zero attached hydrogens (tertiary/aromatic N) is 1. The zero-order valence-corrected chi connectivity index (χ0v) is 12.3. The molecular weight excluding hydrogens is 313 g/mol. The molecule has 2 atom stereocenters. The average molecular weight is 330 g/mol. The molecule has 23 heavy (non-hydrogen) atoms. The SMILES string of the molecule is CCCC1=C[C@](O)(C(F)(F)F)N(C(=O)[C@@H](O)c2ccccc2)N1. The van der Waals surface area contributed by atoms with Crippen molar-refractivity contribution < 1.29 is 28.2 Å². The van der Waals surface area contributed by atoms with E-state index in [1.54, 1.807) is 25.1 Å². The van der Waals surface area contributed by atoms with Crippen LogP contribution in [0.25, 0.3) is 0 Å². The standard InChI is InChI=1S/C15H17F3N2O3/c1-2-6-11-9-14(23,15(16,17)18)20(19-11)13(22)12(21)10-7-4-3-5-8-10/h3-5,7-9,12,19,21,23H,2,6H2,1H3/t12-,14-/m0/s1. The van der Waals surface area contributed by atoms with E-state index in [0.717, 1.165) is 0 Å². The highest BCUT2D eigenvalue weighted by Crippen LogP contribution is 2.39. The van der Waals surface area contributed by atoms with Gasteiger partial charge in [-0.3, -0.25) is 10.2 Å². The monoisotopic (exact) mass is 330 g/mol. The number of benzene rings is 1. The summed E-state index contributed by atoms with van der Waals surface area (Å²) in [6, 6.07) is 7.54. The molecule has 0 radical (unpaired) electrons. The number of alkyl halides is 3. The van der Waals surface area contributed by atoms with Crippen LogP contribution in [0.4, 0.5) is 13.2 Å². The number of hydrogen-bond donors (Lipinski definition) is 3. The normalized spacial score (nSPS) is 22.5. The second-order valence-electron chi connectivity index (χ2n) is 5.24. The Hall–Kier alpha value is -2.06. The van der Waals surface area contributed by atoms with Gasteiger partial charge in [0.2, 0.25) is 0 Å². The molecule has 8 heteroatoms. The van der Waals surface area contributed by atoms with E-state index in [9.17, 15) is 28.2 Å². The van der Waals surface area contributed by atoms with Gasteiger partial charge in [0.1, 0.15) is 0 Å². The van der Waals surface area contributed by atoms with Gasteiger partial charge in [-0.25, -0.2) is 5.01 Å². The Morgan fingerprint density at radius 3 is 2.48 bits per heavy atom. The summed E-state index contributed by atoms with van der Waals surface area (Å²) >= 11 is 0. The maximum absolute atomic E-state index is 13.2. The first kappa shape index (κ1) is 17.3. The fourth-order valence-corrected chi connectivity index (χ4v) is 2.30. The average Bonchev–Trinajstić information content (AvgIpc) is 2.85. The van der Waals surface area contributed by atoms with Crippen LogP contribution in [0.1, 0.15) is 31.4 Å². The van der Waals surface area contributed by atoms with Gasteiger partial charge >= 0.3 is 6.18 Å². The lowest BCUT2D eigenvalue weighted by Gasteiger charge is -2.34. The van der Waals surface area contributed by atoms with Gasteiger partial charge in [0.25, 0.3) is 11.6 Å². The number of hydrazine groups is 1. The van der Waals surface area contributed by atoms with Gasteiger partial charge in [0.15, 0.2) is 6.10 Å². The highest BCUT2D eigenvalue weighted by molar-refractivity contribution is 5.83. The van der Waals surface area contributed by atoms with Gasteiger partial charge < -0.3 is 10.2 Å². The lowest BCUT2D eigenvalue weighted by molar-refractivity contribution is -0.290. The van der Waals surface area contributed by atoms with E-state index in [1.807, 2.05) is 0 Å². The minimum Gasteiger partial charge on any atom is -0.378 e. The van der Waals surface area contributed by atoms with Crippen molar-refractivity contribution in [3.8, 4) is 0 Å². The zero-order valence-electron chi connectivity index (χ0n) is 12.3. The molecule has 0 saturated heterocycles. The van der Waals surface area contributed by atoms with Gasteiger partial charge in [-0.2, -0.15) is 13.2 Å². The highest BCUT2D eigenvalue weighted by Gasteiger charge is 2.62. The second-order valence-corrected chi connectivity index (χ2v) is 5.24. The molecule has 5 nitrogen and oxygen atoms in total. The fraction of sp³-hybridized carbons (Fsp3) is 0.400. The Kier molecular flexibility index (Phi) is 4.67. The van der Waals surface area contributed by atoms with Crippen LogP contribution < -0.4 is 5.43 Å². The number of aliphatic hydroxyl groups is 2. The third-order valence-electron chi connectivity index (χ3n) is 3.48. The number of amides is 1. The van der Waals surface area contributed by atoms with E-state index in [-0.39, 0.29) is 22.7 Å². The highest BCUT2D eigenvalue weighted by atomic mass is 19.4. The number of hydrogen-bond acceptors (Lipinski definition) is 4. The number of aliphatic hydroxyl groups excluding tert-OH is 1. The van der Waals surface area contributed by atoms with Crippen LogP contribution in [-0.2, 0) is 4.79 Å². The summed E-state index contributed by atoms with van der Waals surface area (Å²) < 4.78 is 39.7. The molecule has 3 N–H and O–H groups in total. The molecule has 0 bridgehead atoms. The van der Waals surface area contributed by atoms with E-state index in [0.29, 0.717) is 12.5 Å². The van der Waals surface area contributed by atoms with E-state index in [4.69, 9.17) is 0 Å². The molecule has 0 aromatic heterocycles. The smallest absolute Gasteiger partial charge is 0.378 e. The summed E-state index contributed by atoms with van der Waals surface area (Å²) in [5.74, 6) is -1.29. The Morgan fingerprint density at radius 1 is 1.35 bits per heavy atom. The Morgan fingerprint density at radius 2 is 1.96 bits per heavy atom. The Balaban J connectivity index is 2.32. The van der Waals surface area contributed by atoms with Crippen molar-refractivity contribution in [1.82, 2.24) is 10.4 Å². The Labute approximate surface area is 131 Å². The van der Waals surface area contributed by atoms with Crippen molar-refractivity contribution in [3.05, 3.63) is 47.7 Å². The predicted molar refractivity (Wildman–Crippen MR) is 75.4 cm³/mol. The topological polar surface area (TPSA) is 72.8 Å². The van der Waals surface area contributed by atoms with Crippen LogP contribution in [-0.4, -0.2) is 33.0 Å². The predicted octanol–water partition coefficient (Wildman–Crippen LogP) is 2.00. The molecule has 1 aliphatic heterocycles. The molecule has 0 unspecified atom stereocenters. The van der Waals surface area contributed by atoms with Crippen LogP contribution in [0.2, 0.25) is 0 Å². The van der Waals surface area contributed by atoms with Crippen LogP contribution >= 0.6 is 0 Å². The van der Waals surface area contributed by atoms with E-state index < -0.39 is 23.9 Å². The summed E-state index contributed by atoms with van der Waals surface area (Å²) in [7, 11) is 0. The quantitative estimate of drug-likeness (QED) is 0.790. The molecule has 1 amide bonds. The van der Waals surface area contributed by atoms with Crippen molar-refractivity contribution in [2.75, 3.05) is 0 Å². The van der Waals surface area contributed by atoms with Crippen LogP contribution in [0.15, 0.2) is 42.1 Å². The second kappa shape index (κ2) is 6.21. The first-order valence-corrected chi connectivity index (χ1v) is 7.05. The number of nitrogens with one attached hydrogen (secondary N) is 1. The summed E-state index contributed by atoms with van der Waals surface area (Å²) in [5.41, 5.74) is -1.04. The molecule has 0 saturated carbocycles. The third-order valence-corrected chi connectivity index (χ3v) is 3.48. The molecule has 1 aliphatic rings. The molecule has 2 rings (SSSR count). The van der Waals surface area contributed by atoms with Gasteiger partial charge in [0.05, 0.1) is 0 Å². The largest absolute Gasteiger partial charge is 0.442 e. The zero-order chi connectivity index (χ0) is 17.3.